The van der Waals surface area contributed by atoms with Gasteiger partial charge in [-0.1, -0.05) is 36.5 Å². The molecular formula is C15H18N2OS. The van der Waals surface area contributed by atoms with Crippen molar-refractivity contribution >= 4 is 17.2 Å². The second-order valence-corrected chi connectivity index (χ2v) is 5.14. The molecule has 2 aromatic rings. The second kappa shape index (κ2) is 5.99. The van der Waals surface area contributed by atoms with Crippen LogP contribution in [0.25, 0.3) is 0 Å². The SMILES string of the molecule is Cc1occc1CN(C)Cc1ccccc1C(N)=S. The maximum atomic E-state index is 5.75. The maximum absolute atomic E-state index is 5.75. The van der Waals surface area contributed by atoms with Gasteiger partial charge in [-0.25, -0.2) is 0 Å². The number of thiocarbonyl (C=S) groups is 1. The van der Waals surface area contributed by atoms with E-state index in [2.05, 4.69) is 18.0 Å². The molecule has 100 valence electrons. The maximum Gasteiger partial charge on any atom is 0.105 e. The zero-order valence-corrected chi connectivity index (χ0v) is 12.0. The van der Waals surface area contributed by atoms with Crippen molar-refractivity contribution in [3.05, 3.63) is 59.0 Å². The minimum atomic E-state index is 0.448. The molecule has 0 aliphatic heterocycles. The van der Waals surface area contributed by atoms with Crippen molar-refractivity contribution in [1.29, 1.82) is 0 Å². The van der Waals surface area contributed by atoms with Crippen LogP contribution in [0.15, 0.2) is 41.0 Å². The summed E-state index contributed by atoms with van der Waals surface area (Å²) in [6, 6.07) is 10.00. The topological polar surface area (TPSA) is 42.4 Å². The van der Waals surface area contributed by atoms with Crippen molar-refractivity contribution in [2.24, 2.45) is 5.73 Å². The van der Waals surface area contributed by atoms with Crippen LogP contribution < -0.4 is 5.73 Å². The van der Waals surface area contributed by atoms with Gasteiger partial charge in [-0.05, 0) is 25.6 Å². The number of furan rings is 1. The van der Waals surface area contributed by atoms with Crippen molar-refractivity contribution in [2.45, 2.75) is 20.0 Å². The highest BCUT2D eigenvalue weighted by molar-refractivity contribution is 7.80. The number of aryl methyl sites for hydroxylation is 1. The van der Waals surface area contributed by atoms with Crippen molar-refractivity contribution in [3.63, 3.8) is 0 Å². The van der Waals surface area contributed by atoms with Crippen LogP contribution in [0, 0.1) is 6.92 Å². The number of benzene rings is 1. The lowest BCUT2D eigenvalue weighted by Gasteiger charge is -2.18. The first-order chi connectivity index (χ1) is 9.08. The van der Waals surface area contributed by atoms with Gasteiger partial charge in [-0.2, -0.15) is 0 Å². The van der Waals surface area contributed by atoms with Gasteiger partial charge >= 0.3 is 0 Å². The molecule has 0 aliphatic carbocycles. The predicted octanol–water partition coefficient (Wildman–Crippen LogP) is 2.85. The van der Waals surface area contributed by atoms with Gasteiger partial charge in [-0.15, -0.1) is 0 Å². The van der Waals surface area contributed by atoms with Crippen LogP contribution in [0.1, 0.15) is 22.5 Å². The van der Waals surface area contributed by atoms with Crippen molar-refractivity contribution in [3.8, 4) is 0 Å². The minimum Gasteiger partial charge on any atom is -0.469 e. The van der Waals surface area contributed by atoms with Gasteiger partial charge in [0.05, 0.1) is 6.26 Å². The molecular weight excluding hydrogens is 256 g/mol. The molecule has 0 bridgehead atoms. The van der Waals surface area contributed by atoms with Crippen LogP contribution in [-0.2, 0) is 13.1 Å². The molecule has 0 atom stereocenters. The highest BCUT2D eigenvalue weighted by atomic mass is 32.1. The highest BCUT2D eigenvalue weighted by Gasteiger charge is 2.09. The average Bonchev–Trinajstić information content (AvgIpc) is 2.75. The fourth-order valence-corrected chi connectivity index (χ4v) is 2.31. The molecule has 3 nitrogen and oxygen atoms in total. The number of nitrogens with two attached hydrogens (primary N) is 1. The van der Waals surface area contributed by atoms with E-state index in [4.69, 9.17) is 22.4 Å². The fourth-order valence-electron chi connectivity index (χ4n) is 2.11. The molecule has 0 fully saturated rings. The van der Waals surface area contributed by atoms with Gasteiger partial charge in [0.25, 0.3) is 0 Å². The third-order valence-corrected chi connectivity index (χ3v) is 3.35. The predicted molar refractivity (Wildman–Crippen MR) is 80.9 cm³/mol. The molecule has 4 heteroatoms. The largest absolute Gasteiger partial charge is 0.469 e. The molecule has 0 saturated carbocycles. The standard InChI is InChI=1S/C15H18N2OS/c1-11-12(7-8-18-11)9-17(2)10-13-5-3-4-6-14(13)15(16)19/h3-8H,9-10H2,1-2H3,(H2,16,19). The zero-order valence-electron chi connectivity index (χ0n) is 11.2. The third kappa shape index (κ3) is 3.43. The summed E-state index contributed by atoms with van der Waals surface area (Å²) in [5.74, 6) is 0.967. The van der Waals surface area contributed by atoms with Crippen LogP contribution in [0.2, 0.25) is 0 Å². The molecule has 19 heavy (non-hydrogen) atoms. The Balaban J connectivity index is 2.09. The number of rotatable bonds is 5. The van der Waals surface area contributed by atoms with Crippen molar-refractivity contribution in [2.75, 3.05) is 7.05 Å². The van der Waals surface area contributed by atoms with E-state index >= 15 is 0 Å². The molecule has 0 spiro atoms. The Bertz CT molecular complexity index is 577. The Morgan fingerprint density at radius 3 is 2.53 bits per heavy atom. The van der Waals surface area contributed by atoms with Gasteiger partial charge in [0.15, 0.2) is 0 Å². The van der Waals surface area contributed by atoms with E-state index in [0.29, 0.717) is 4.99 Å². The smallest absolute Gasteiger partial charge is 0.105 e. The van der Waals surface area contributed by atoms with E-state index in [0.717, 1.165) is 30.0 Å². The van der Waals surface area contributed by atoms with Crippen LogP contribution in [0.5, 0.6) is 0 Å². The molecule has 0 aliphatic rings. The van der Waals surface area contributed by atoms with Gasteiger partial charge in [0.1, 0.15) is 10.7 Å². The van der Waals surface area contributed by atoms with Gasteiger partial charge < -0.3 is 10.2 Å². The van der Waals surface area contributed by atoms with Crippen molar-refractivity contribution < 1.29 is 4.42 Å². The summed E-state index contributed by atoms with van der Waals surface area (Å²) in [4.78, 5) is 2.66. The summed E-state index contributed by atoms with van der Waals surface area (Å²) >= 11 is 5.08. The van der Waals surface area contributed by atoms with Gasteiger partial charge in [-0.3, -0.25) is 4.90 Å². The number of nitrogens with zero attached hydrogens (tertiary/aromatic N) is 1. The Hall–Kier alpha value is -1.65. The Morgan fingerprint density at radius 2 is 1.89 bits per heavy atom. The van der Waals surface area contributed by atoms with Crippen molar-refractivity contribution in [1.82, 2.24) is 4.90 Å². The molecule has 2 rings (SSSR count). The van der Waals surface area contributed by atoms with Crippen LogP contribution in [0.4, 0.5) is 0 Å². The van der Waals surface area contributed by atoms with E-state index in [1.54, 1.807) is 6.26 Å². The average molecular weight is 274 g/mol. The first-order valence-corrected chi connectivity index (χ1v) is 6.58. The number of hydrogen-bond acceptors (Lipinski definition) is 3. The molecule has 0 saturated heterocycles. The van der Waals surface area contributed by atoms with Gasteiger partial charge in [0, 0.05) is 24.2 Å². The monoisotopic (exact) mass is 274 g/mol. The summed E-state index contributed by atoms with van der Waals surface area (Å²) in [6.07, 6.45) is 1.72. The first kappa shape index (κ1) is 13.8. The summed E-state index contributed by atoms with van der Waals surface area (Å²) in [5.41, 5.74) is 9.06. The molecule has 0 radical (unpaired) electrons. The van der Waals surface area contributed by atoms with Crippen LogP contribution in [-0.4, -0.2) is 16.9 Å². The fraction of sp³-hybridized carbons (Fsp3) is 0.267. The summed E-state index contributed by atoms with van der Waals surface area (Å²) in [7, 11) is 2.07. The van der Waals surface area contributed by atoms with E-state index in [9.17, 15) is 0 Å². The Morgan fingerprint density at radius 1 is 1.21 bits per heavy atom. The molecule has 0 unspecified atom stereocenters. The normalized spacial score (nSPS) is 10.9. The third-order valence-electron chi connectivity index (χ3n) is 3.13. The van der Waals surface area contributed by atoms with E-state index < -0.39 is 0 Å². The first-order valence-electron chi connectivity index (χ1n) is 6.17. The van der Waals surface area contributed by atoms with E-state index in [-0.39, 0.29) is 0 Å². The second-order valence-electron chi connectivity index (χ2n) is 4.70. The molecule has 0 amide bonds. The molecule has 1 aromatic carbocycles. The van der Waals surface area contributed by atoms with Crippen LogP contribution >= 0.6 is 12.2 Å². The Kier molecular flexibility index (Phi) is 4.35. The number of hydrogen-bond donors (Lipinski definition) is 1. The van der Waals surface area contributed by atoms with E-state index in [1.165, 1.54) is 5.56 Å². The quantitative estimate of drug-likeness (QED) is 0.851. The summed E-state index contributed by atoms with van der Waals surface area (Å²) in [5, 5.41) is 0. The lowest BCUT2D eigenvalue weighted by Crippen LogP contribution is -2.20. The minimum absolute atomic E-state index is 0.448. The van der Waals surface area contributed by atoms with Crippen LogP contribution in [0.3, 0.4) is 0 Å². The zero-order chi connectivity index (χ0) is 13.8. The van der Waals surface area contributed by atoms with E-state index in [1.807, 2.05) is 31.2 Å². The summed E-state index contributed by atoms with van der Waals surface area (Å²) < 4.78 is 5.31. The lowest BCUT2D eigenvalue weighted by atomic mass is 10.1. The molecule has 2 N–H and O–H groups in total. The molecule has 1 heterocycles. The molecule has 1 aromatic heterocycles. The van der Waals surface area contributed by atoms with Gasteiger partial charge in [0.2, 0.25) is 0 Å². The summed E-state index contributed by atoms with van der Waals surface area (Å²) in [6.45, 7) is 3.62. The Labute approximate surface area is 119 Å². The highest BCUT2D eigenvalue weighted by Crippen LogP contribution is 2.15. The lowest BCUT2D eigenvalue weighted by molar-refractivity contribution is 0.316.